The van der Waals surface area contributed by atoms with Crippen molar-refractivity contribution in [1.82, 2.24) is 19.4 Å². The van der Waals surface area contributed by atoms with E-state index >= 15 is 0 Å². The highest BCUT2D eigenvalue weighted by Crippen LogP contribution is 2.29. The Kier molecular flexibility index (Phi) is 6.81. The predicted molar refractivity (Wildman–Crippen MR) is 127 cm³/mol. The Hall–Kier alpha value is -2.89. The minimum atomic E-state index is -3.77. The van der Waals surface area contributed by atoms with Crippen LogP contribution < -0.4 is 4.31 Å². The molecule has 0 N–H and O–H groups in total. The summed E-state index contributed by atoms with van der Waals surface area (Å²) in [6, 6.07) is 16.4. The zero-order valence-electron chi connectivity index (χ0n) is 19.1. The van der Waals surface area contributed by atoms with Gasteiger partial charge in [-0.1, -0.05) is 36.8 Å². The molecular formula is C24H27F2N5O3S. The van der Waals surface area contributed by atoms with Gasteiger partial charge in [0.15, 0.2) is 0 Å². The number of halogens is 2. The highest BCUT2D eigenvalue weighted by atomic mass is 32.2. The number of hydrogen-bond donors (Lipinski definition) is 0. The molecule has 35 heavy (non-hydrogen) atoms. The van der Waals surface area contributed by atoms with Crippen molar-refractivity contribution in [1.29, 1.82) is 0 Å². The maximum atomic E-state index is 13.7. The molecule has 1 saturated heterocycles. The van der Waals surface area contributed by atoms with Crippen LogP contribution in [0.25, 0.3) is 11.5 Å². The second kappa shape index (κ2) is 10.00. The number of aromatic nitrogens is 2. The van der Waals surface area contributed by atoms with Crippen molar-refractivity contribution < 1.29 is 21.6 Å². The molecular weight excluding hydrogens is 476 g/mol. The highest BCUT2D eigenvalue weighted by molar-refractivity contribution is 7.90. The standard InChI is InChI=1S/C24H27F2N5O3S/c25-22(26)24-28-27-23(34-24)19-11-9-18(10-12-19)17-31(21-5-2-1-3-6-21)35(32,33)30-15-13-29(14-16-30)20-7-4-8-20/h1-3,5-6,9-12,20,22H,4,7-8,13-17H2. The van der Waals surface area contributed by atoms with Crippen molar-refractivity contribution in [2.24, 2.45) is 0 Å². The van der Waals surface area contributed by atoms with Crippen LogP contribution in [0.2, 0.25) is 0 Å². The fourth-order valence-corrected chi connectivity index (χ4v) is 6.05. The van der Waals surface area contributed by atoms with Crippen molar-refractivity contribution in [3.8, 4) is 11.5 Å². The van der Waals surface area contributed by atoms with E-state index in [0.29, 0.717) is 30.4 Å². The maximum Gasteiger partial charge on any atom is 0.314 e. The molecule has 0 spiro atoms. The summed E-state index contributed by atoms with van der Waals surface area (Å²) in [7, 11) is -3.77. The number of piperazine rings is 1. The summed E-state index contributed by atoms with van der Waals surface area (Å²) in [6.45, 7) is 2.54. The lowest BCUT2D eigenvalue weighted by Crippen LogP contribution is -2.56. The van der Waals surface area contributed by atoms with E-state index in [9.17, 15) is 17.2 Å². The van der Waals surface area contributed by atoms with Crippen LogP contribution >= 0.6 is 0 Å². The SMILES string of the molecule is O=S(=O)(N1CCN(C2CCC2)CC1)N(Cc1ccc(-c2nnc(C(F)F)o2)cc1)c1ccccc1. The molecule has 1 saturated carbocycles. The first-order chi connectivity index (χ1) is 16.9. The number of alkyl halides is 2. The average Bonchev–Trinajstić information content (AvgIpc) is 3.34. The molecule has 11 heteroatoms. The quantitative estimate of drug-likeness (QED) is 0.461. The summed E-state index contributed by atoms with van der Waals surface area (Å²) >= 11 is 0. The molecule has 1 aliphatic carbocycles. The molecule has 2 aromatic carbocycles. The first-order valence-corrected chi connectivity index (χ1v) is 13.1. The summed E-state index contributed by atoms with van der Waals surface area (Å²) in [5.41, 5.74) is 1.80. The van der Waals surface area contributed by atoms with Crippen molar-refractivity contribution >= 4 is 15.9 Å². The molecule has 2 aliphatic rings. The molecule has 0 amide bonds. The third kappa shape index (κ3) is 5.07. The number of hydrogen-bond acceptors (Lipinski definition) is 6. The molecule has 0 radical (unpaired) electrons. The topological polar surface area (TPSA) is 82.8 Å². The van der Waals surface area contributed by atoms with Crippen LogP contribution in [-0.2, 0) is 16.8 Å². The molecule has 0 bridgehead atoms. The first-order valence-electron chi connectivity index (χ1n) is 11.7. The van der Waals surface area contributed by atoms with E-state index in [1.54, 1.807) is 40.7 Å². The van der Waals surface area contributed by atoms with Crippen molar-refractivity contribution in [3.05, 3.63) is 66.1 Å². The van der Waals surface area contributed by atoms with Gasteiger partial charge in [0.2, 0.25) is 5.89 Å². The monoisotopic (exact) mass is 503 g/mol. The van der Waals surface area contributed by atoms with E-state index in [-0.39, 0.29) is 12.4 Å². The lowest BCUT2D eigenvalue weighted by Gasteiger charge is -2.43. The van der Waals surface area contributed by atoms with Crippen LogP contribution in [0, 0.1) is 0 Å². The van der Waals surface area contributed by atoms with Crippen molar-refractivity contribution in [3.63, 3.8) is 0 Å². The van der Waals surface area contributed by atoms with E-state index in [2.05, 4.69) is 15.1 Å². The Morgan fingerprint density at radius 2 is 1.66 bits per heavy atom. The Bertz CT molecular complexity index is 1230. The summed E-state index contributed by atoms with van der Waals surface area (Å²) in [6.07, 6.45) is 0.817. The third-order valence-corrected chi connectivity index (χ3v) is 8.58. The van der Waals surface area contributed by atoms with Crippen LogP contribution in [0.3, 0.4) is 0 Å². The summed E-state index contributed by atoms with van der Waals surface area (Å²) < 4.78 is 60.9. The van der Waals surface area contributed by atoms with Crippen LogP contribution in [0.4, 0.5) is 14.5 Å². The first kappa shape index (κ1) is 23.8. The minimum absolute atomic E-state index is 0.0104. The van der Waals surface area contributed by atoms with E-state index in [1.807, 2.05) is 18.2 Å². The molecule has 1 aromatic heterocycles. The minimum Gasteiger partial charge on any atom is -0.415 e. The maximum absolute atomic E-state index is 13.7. The Morgan fingerprint density at radius 1 is 0.971 bits per heavy atom. The molecule has 8 nitrogen and oxygen atoms in total. The van der Waals surface area contributed by atoms with Crippen LogP contribution in [0.5, 0.6) is 0 Å². The lowest BCUT2D eigenvalue weighted by molar-refractivity contribution is 0.0888. The van der Waals surface area contributed by atoms with Gasteiger partial charge in [0.25, 0.3) is 5.89 Å². The zero-order chi connectivity index (χ0) is 24.4. The second-order valence-electron chi connectivity index (χ2n) is 8.81. The van der Waals surface area contributed by atoms with Gasteiger partial charge in [-0.15, -0.1) is 10.2 Å². The van der Waals surface area contributed by atoms with Gasteiger partial charge in [0, 0.05) is 37.8 Å². The normalized spacial score (nSPS) is 18.0. The Morgan fingerprint density at radius 3 is 2.23 bits per heavy atom. The summed E-state index contributed by atoms with van der Waals surface area (Å²) in [5.74, 6) is -0.744. The van der Waals surface area contributed by atoms with Gasteiger partial charge in [0.05, 0.1) is 12.2 Å². The fraction of sp³-hybridized carbons (Fsp3) is 0.417. The molecule has 3 aromatic rings. The third-order valence-electron chi connectivity index (χ3n) is 6.67. The van der Waals surface area contributed by atoms with Crippen molar-refractivity contribution in [2.45, 2.75) is 38.3 Å². The van der Waals surface area contributed by atoms with Gasteiger partial charge >= 0.3 is 16.6 Å². The molecule has 0 atom stereocenters. The largest absolute Gasteiger partial charge is 0.415 e. The van der Waals surface area contributed by atoms with Crippen molar-refractivity contribution in [2.75, 3.05) is 30.5 Å². The van der Waals surface area contributed by atoms with Gasteiger partial charge in [-0.3, -0.25) is 9.21 Å². The number of rotatable bonds is 8. The molecule has 2 fully saturated rings. The van der Waals surface area contributed by atoms with Crippen LogP contribution in [0.1, 0.15) is 37.1 Å². The Labute approximate surface area is 203 Å². The highest BCUT2D eigenvalue weighted by Gasteiger charge is 2.35. The molecule has 0 unspecified atom stereocenters. The summed E-state index contributed by atoms with van der Waals surface area (Å²) in [5, 5.41) is 7.01. The average molecular weight is 504 g/mol. The Balaban J connectivity index is 1.34. The number of para-hydroxylation sites is 1. The molecule has 2 heterocycles. The van der Waals surface area contributed by atoms with E-state index in [1.165, 1.54) is 23.6 Å². The number of benzene rings is 2. The molecule has 186 valence electrons. The second-order valence-corrected chi connectivity index (χ2v) is 10.7. The smallest absolute Gasteiger partial charge is 0.314 e. The van der Waals surface area contributed by atoms with E-state index in [0.717, 1.165) is 18.7 Å². The van der Waals surface area contributed by atoms with Gasteiger partial charge in [-0.2, -0.15) is 21.5 Å². The number of anilines is 1. The molecule has 1 aliphatic heterocycles. The van der Waals surface area contributed by atoms with E-state index < -0.39 is 22.5 Å². The number of nitrogens with zero attached hydrogens (tertiary/aromatic N) is 5. The van der Waals surface area contributed by atoms with E-state index in [4.69, 9.17) is 4.42 Å². The van der Waals surface area contributed by atoms with Gasteiger partial charge in [-0.05, 0) is 42.7 Å². The predicted octanol–water partition coefficient (Wildman–Crippen LogP) is 4.10. The van der Waals surface area contributed by atoms with Gasteiger partial charge in [0.1, 0.15) is 0 Å². The zero-order valence-corrected chi connectivity index (χ0v) is 19.9. The van der Waals surface area contributed by atoms with Gasteiger partial charge in [-0.25, -0.2) is 0 Å². The molecule has 5 rings (SSSR count). The fourth-order valence-electron chi connectivity index (χ4n) is 4.45. The van der Waals surface area contributed by atoms with Gasteiger partial charge < -0.3 is 4.42 Å². The lowest BCUT2D eigenvalue weighted by atomic mass is 9.91. The van der Waals surface area contributed by atoms with Crippen LogP contribution in [0.15, 0.2) is 59.0 Å². The van der Waals surface area contributed by atoms with Crippen LogP contribution in [-0.4, -0.2) is 60.0 Å². The summed E-state index contributed by atoms with van der Waals surface area (Å²) in [4.78, 5) is 2.40.